The van der Waals surface area contributed by atoms with Crippen LogP contribution in [-0.2, 0) is 7.05 Å². The molecular formula is C8H10N4O. The summed E-state index contributed by atoms with van der Waals surface area (Å²) < 4.78 is 1.62. The fraction of sp³-hybridized carbons (Fsp3) is 0.250. The molecule has 1 unspecified atom stereocenters. The van der Waals surface area contributed by atoms with Crippen LogP contribution in [0.3, 0.4) is 0 Å². The predicted octanol–water partition coefficient (Wildman–Crippen LogP) is 0.225. The zero-order valence-electron chi connectivity index (χ0n) is 7.18. The van der Waals surface area contributed by atoms with E-state index in [1.54, 1.807) is 36.4 Å². The van der Waals surface area contributed by atoms with Gasteiger partial charge >= 0.3 is 0 Å². The van der Waals surface area contributed by atoms with Crippen LogP contribution in [0.1, 0.15) is 17.6 Å². The molecule has 0 fully saturated rings. The minimum atomic E-state index is -0.734. The van der Waals surface area contributed by atoms with Crippen molar-refractivity contribution < 1.29 is 5.11 Å². The van der Waals surface area contributed by atoms with Crippen molar-refractivity contribution in [3.63, 3.8) is 0 Å². The topological polar surface area (TPSA) is 66.7 Å². The lowest BCUT2D eigenvalue weighted by atomic mass is 10.2. The Bertz CT molecular complexity index is 379. The minimum Gasteiger partial charge on any atom is -0.379 e. The van der Waals surface area contributed by atoms with E-state index in [2.05, 4.69) is 15.1 Å². The maximum Gasteiger partial charge on any atom is 0.153 e. The molecule has 0 aliphatic rings. The minimum absolute atomic E-state index is 0.531. The Morgan fingerprint density at radius 2 is 2.38 bits per heavy atom. The average molecular weight is 178 g/mol. The lowest BCUT2D eigenvalue weighted by Crippen LogP contribution is -2.07. The molecule has 0 aromatic carbocycles. The number of nitrogens with zero attached hydrogens (tertiary/aromatic N) is 3. The summed E-state index contributed by atoms with van der Waals surface area (Å²) in [4.78, 5) is 6.82. The SMILES string of the molecule is Cn1nccc1C(O)c1ncc[nH]1. The molecule has 2 heterocycles. The van der Waals surface area contributed by atoms with Crippen LogP contribution in [0.25, 0.3) is 0 Å². The Kier molecular flexibility index (Phi) is 1.86. The van der Waals surface area contributed by atoms with E-state index in [1.807, 2.05) is 0 Å². The van der Waals surface area contributed by atoms with Crippen molar-refractivity contribution in [3.05, 3.63) is 36.2 Å². The quantitative estimate of drug-likeness (QED) is 0.691. The molecule has 2 aromatic heterocycles. The van der Waals surface area contributed by atoms with Crippen molar-refractivity contribution in [1.29, 1.82) is 0 Å². The van der Waals surface area contributed by atoms with Crippen LogP contribution in [0, 0.1) is 0 Å². The number of nitrogens with one attached hydrogen (secondary N) is 1. The molecule has 0 saturated heterocycles. The number of H-pyrrole nitrogens is 1. The van der Waals surface area contributed by atoms with Crippen LogP contribution < -0.4 is 0 Å². The monoisotopic (exact) mass is 178 g/mol. The number of hydrogen-bond acceptors (Lipinski definition) is 3. The molecule has 0 aliphatic carbocycles. The van der Waals surface area contributed by atoms with Crippen LogP contribution in [0.2, 0.25) is 0 Å². The van der Waals surface area contributed by atoms with Gasteiger partial charge in [0.05, 0.1) is 5.69 Å². The summed E-state index contributed by atoms with van der Waals surface area (Å²) in [5.74, 6) is 0.531. The van der Waals surface area contributed by atoms with E-state index in [9.17, 15) is 5.11 Å². The summed E-state index contributed by atoms with van der Waals surface area (Å²) in [6.45, 7) is 0. The molecule has 0 bridgehead atoms. The molecule has 2 rings (SSSR count). The Labute approximate surface area is 75.0 Å². The van der Waals surface area contributed by atoms with E-state index < -0.39 is 6.10 Å². The van der Waals surface area contributed by atoms with Crippen molar-refractivity contribution in [1.82, 2.24) is 19.7 Å². The van der Waals surface area contributed by atoms with Gasteiger partial charge in [0.15, 0.2) is 6.10 Å². The van der Waals surface area contributed by atoms with Gasteiger partial charge in [0.25, 0.3) is 0 Å². The van der Waals surface area contributed by atoms with E-state index >= 15 is 0 Å². The van der Waals surface area contributed by atoms with Crippen LogP contribution >= 0.6 is 0 Å². The van der Waals surface area contributed by atoms with E-state index in [4.69, 9.17) is 0 Å². The normalized spacial score (nSPS) is 13.1. The highest BCUT2D eigenvalue weighted by Gasteiger charge is 2.15. The number of aliphatic hydroxyl groups excluding tert-OH is 1. The molecule has 0 aliphatic heterocycles. The van der Waals surface area contributed by atoms with E-state index in [0.717, 1.165) is 5.69 Å². The zero-order valence-corrected chi connectivity index (χ0v) is 7.18. The summed E-state index contributed by atoms with van der Waals surface area (Å²) in [7, 11) is 1.78. The van der Waals surface area contributed by atoms with Crippen LogP contribution in [0.5, 0.6) is 0 Å². The van der Waals surface area contributed by atoms with Gasteiger partial charge < -0.3 is 10.1 Å². The predicted molar refractivity (Wildman–Crippen MR) is 45.9 cm³/mol. The van der Waals surface area contributed by atoms with E-state index in [0.29, 0.717) is 5.82 Å². The first kappa shape index (κ1) is 8.00. The zero-order chi connectivity index (χ0) is 9.26. The van der Waals surface area contributed by atoms with Crippen LogP contribution in [0.15, 0.2) is 24.7 Å². The van der Waals surface area contributed by atoms with Gasteiger partial charge in [-0.1, -0.05) is 0 Å². The summed E-state index contributed by atoms with van der Waals surface area (Å²) in [5, 5.41) is 13.8. The van der Waals surface area contributed by atoms with Crippen molar-refractivity contribution in [2.45, 2.75) is 6.10 Å². The number of aliphatic hydroxyl groups is 1. The summed E-state index contributed by atoms with van der Waals surface area (Å²) >= 11 is 0. The van der Waals surface area contributed by atoms with Gasteiger partial charge in [0.2, 0.25) is 0 Å². The van der Waals surface area contributed by atoms with Crippen molar-refractivity contribution in [2.24, 2.45) is 7.05 Å². The van der Waals surface area contributed by atoms with Crippen molar-refractivity contribution in [3.8, 4) is 0 Å². The van der Waals surface area contributed by atoms with Gasteiger partial charge in [0, 0.05) is 25.6 Å². The first-order valence-electron chi connectivity index (χ1n) is 3.94. The molecule has 0 amide bonds. The molecule has 2 N–H and O–H groups in total. The van der Waals surface area contributed by atoms with Gasteiger partial charge in [0.1, 0.15) is 5.82 Å². The van der Waals surface area contributed by atoms with Crippen molar-refractivity contribution >= 4 is 0 Å². The number of hydrogen-bond donors (Lipinski definition) is 2. The highest BCUT2D eigenvalue weighted by Crippen LogP contribution is 2.16. The number of aromatic nitrogens is 4. The second kappa shape index (κ2) is 3.02. The number of imidazole rings is 1. The third kappa shape index (κ3) is 1.33. The third-order valence-corrected chi connectivity index (χ3v) is 1.92. The molecule has 0 radical (unpaired) electrons. The van der Waals surface area contributed by atoms with E-state index in [1.165, 1.54) is 0 Å². The Balaban J connectivity index is 2.33. The largest absolute Gasteiger partial charge is 0.379 e. The maximum atomic E-state index is 9.80. The molecule has 0 saturated carbocycles. The van der Waals surface area contributed by atoms with Gasteiger partial charge in [-0.2, -0.15) is 5.10 Å². The fourth-order valence-electron chi connectivity index (χ4n) is 1.22. The second-order valence-electron chi connectivity index (χ2n) is 2.76. The Morgan fingerprint density at radius 1 is 1.54 bits per heavy atom. The van der Waals surface area contributed by atoms with Crippen LogP contribution in [0.4, 0.5) is 0 Å². The second-order valence-corrected chi connectivity index (χ2v) is 2.76. The van der Waals surface area contributed by atoms with Gasteiger partial charge in [-0.15, -0.1) is 0 Å². The molecule has 13 heavy (non-hydrogen) atoms. The van der Waals surface area contributed by atoms with Crippen molar-refractivity contribution in [2.75, 3.05) is 0 Å². The van der Waals surface area contributed by atoms with E-state index in [-0.39, 0.29) is 0 Å². The molecule has 1 atom stereocenters. The van der Waals surface area contributed by atoms with Gasteiger partial charge in [-0.05, 0) is 6.07 Å². The lowest BCUT2D eigenvalue weighted by Gasteiger charge is -2.07. The highest BCUT2D eigenvalue weighted by atomic mass is 16.3. The fourth-order valence-corrected chi connectivity index (χ4v) is 1.22. The first-order valence-corrected chi connectivity index (χ1v) is 3.94. The van der Waals surface area contributed by atoms with Gasteiger partial charge in [-0.3, -0.25) is 4.68 Å². The van der Waals surface area contributed by atoms with Gasteiger partial charge in [-0.25, -0.2) is 4.98 Å². The Morgan fingerprint density at radius 3 is 2.92 bits per heavy atom. The maximum absolute atomic E-state index is 9.80. The number of aromatic amines is 1. The molecular weight excluding hydrogens is 168 g/mol. The summed E-state index contributed by atoms with van der Waals surface area (Å²) in [5.41, 5.74) is 0.718. The molecule has 5 heteroatoms. The lowest BCUT2D eigenvalue weighted by molar-refractivity contribution is 0.200. The smallest absolute Gasteiger partial charge is 0.153 e. The summed E-state index contributed by atoms with van der Waals surface area (Å²) in [6.07, 6.45) is 4.19. The number of rotatable bonds is 2. The number of aryl methyl sites for hydroxylation is 1. The Hall–Kier alpha value is -1.62. The standard InChI is InChI=1S/C8H10N4O/c1-12-6(2-3-11-12)7(13)8-9-4-5-10-8/h2-5,7,13H,1H3,(H,9,10). The highest BCUT2D eigenvalue weighted by molar-refractivity contribution is 5.13. The van der Waals surface area contributed by atoms with Crippen LogP contribution in [-0.4, -0.2) is 24.9 Å². The first-order chi connectivity index (χ1) is 6.29. The third-order valence-electron chi connectivity index (χ3n) is 1.92. The summed E-state index contributed by atoms with van der Waals surface area (Å²) in [6, 6.07) is 1.76. The molecule has 5 nitrogen and oxygen atoms in total. The molecule has 2 aromatic rings. The molecule has 68 valence electrons. The average Bonchev–Trinajstić information content (AvgIpc) is 2.72. The molecule has 0 spiro atoms.